The van der Waals surface area contributed by atoms with Gasteiger partial charge in [-0.1, -0.05) is 13.0 Å². The van der Waals surface area contributed by atoms with Gasteiger partial charge in [0.05, 0.1) is 0 Å². The molecule has 0 radical (unpaired) electrons. The first-order valence-electron chi connectivity index (χ1n) is 3.58. The van der Waals surface area contributed by atoms with Crippen LogP contribution in [-0.4, -0.2) is 11.8 Å². The van der Waals surface area contributed by atoms with Crippen LogP contribution >= 0.6 is 0 Å². The third-order valence-electron chi connectivity index (χ3n) is 1.31. The van der Waals surface area contributed by atoms with E-state index in [0.717, 1.165) is 0 Å². The van der Waals surface area contributed by atoms with Crippen LogP contribution in [0.15, 0.2) is 11.6 Å². The molecule has 3 nitrogen and oxygen atoms in total. The van der Waals surface area contributed by atoms with Gasteiger partial charge in [0.2, 0.25) is 5.91 Å². The maximum absolute atomic E-state index is 11.0. The monoisotopic (exact) mass is 155 g/mol. The summed E-state index contributed by atoms with van der Waals surface area (Å²) in [6.07, 6.45) is 2.36. The highest BCUT2D eigenvalue weighted by Gasteiger charge is 2.06. The van der Waals surface area contributed by atoms with E-state index in [4.69, 9.17) is 0 Å². The molecule has 1 N–H and O–H groups in total. The molecule has 2 amide bonds. The molecule has 0 saturated heterocycles. The number of amides is 2. The van der Waals surface area contributed by atoms with Crippen LogP contribution in [0.25, 0.3) is 0 Å². The fourth-order valence-corrected chi connectivity index (χ4v) is 0.736. The second-order valence-electron chi connectivity index (χ2n) is 2.18. The summed E-state index contributed by atoms with van der Waals surface area (Å²) >= 11 is 0. The van der Waals surface area contributed by atoms with Gasteiger partial charge in [0.25, 0.3) is 5.91 Å². The quantitative estimate of drug-likeness (QED) is 0.605. The lowest BCUT2D eigenvalue weighted by molar-refractivity contribution is -0.127. The molecule has 3 heteroatoms. The molecule has 0 spiro atoms. The summed E-state index contributed by atoms with van der Waals surface area (Å²) in [7, 11) is 0. The highest BCUT2D eigenvalue weighted by Crippen LogP contribution is 1.98. The van der Waals surface area contributed by atoms with Crippen molar-refractivity contribution < 1.29 is 9.59 Å². The van der Waals surface area contributed by atoms with Crippen molar-refractivity contribution in [2.45, 2.75) is 27.2 Å². The number of carbonyl (C=O) groups is 2. The van der Waals surface area contributed by atoms with Crippen LogP contribution in [0.2, 0.25) is 0 Å². The number of hydrogen-bond acceptors (Lipinski definition) is 2. The molecular weight excluding hydrogens is 142 g/mol. The van der Waals surface area contributed by atoms with E-state index in [1.165, 1.54) is 6.92 Å². The van der Waals surface area contributed by atoms with E-state index in [9.17, 15) is 9.59 Å². The number of nitrogens with one attached hydrogen (secondary N) is 1. The van der Waals surface area contributed by atoms with Crippen molar-refractivity contribution >= 4 is 11.8 Å². The first kappa shape index (κ1) is 9.88. The minimum atomic E-state index is -0.317. The lowest BCUT2D eigenvalue weighted by Crippen LogP contribution is -2.29. The van der Waals surface area contributed by atoms with Gasteiger partial charge in [-0.25, -0.2) is 0 Å². The Kier molecular flexibility index (Phi) is 4.18. The lowest BCUT2D eigenvalue weighted by Gasteiger charge is -2.01. The van der Waals surface area contributed by atoms with Crippen molar-refractivity contribution in [3.05, 3.63) is 11.6 Å². The number of hydrogen-bond donors (Lipinski definition) is 1. The third-order valence-corrected chi connectivity index (χ3v) is 1.31. The van der Waals surface area contributed by atoms with Gasteiger partial charge in [-0.15, -0.1) is 0 Å². The second kappa shape index (κ2) is 4.66. The van der Waals surface area contributed by atoms with Gasteiger partial charge in [-0.05, 0) is 13.3 Å². The zero-order valence-corrected chi connectivity index (χ0v) is 7.10. The minimum absolute atomic E-state index is 0.289. The Morgan fingerprint density at radius 3 is 2.27 bits per heavy atom. The molecule has 0 atom stereocenters. The van der Waals surface area contributed by atoms with Crippen LogP contribution in [0.3, 0.4) is 0 Å². The highest BCUT2D eigenvalue weighted by atomic mass is 16.2. The van der Waals surface area contributed by atoms with Gasteiger partial charge < -0.3 is 0 Å². The number of carbonyl (C=O) groups excluding carboxylic acids is 2. The molecule has 0 bridgehead atoms. The van der Waals surface area contributed by atoms with E-state index in [-0.39, 0.29) is 11.8 Å². The van der Waals surface area contributed by atoms with E-state index >= 15 is 0 Å². The van der Waals surface area contributed by atoms with Gasteiger partial charge in [-0.2, -0.15) is 0 Å². The Labute approximate surface area is 66.5 Å². The van der Waals surface area contributed by atoms with Crippen molar-refractivity contribution in [2.75, 3.05) is 0 Å². The van der Waals surface area contributed by atoms with Crippen LogP contribution in [0.5, 0.6) is 0 Å². The molecule has 0 rings (SSSR count). The molecule has 0 aromatic carbocycles. The number of rotatable bonds is 2. The SMILES string of the molecule is CC=C(CC)C(=O)NC(C)=O. The Morgan fingerprint density at radius 1 is 1.45 bits per heavy atom. The zero-order valence-electron chi connectivity index (χ0n) is 7.10. The van der Waals surface area contributed by atoms with Crippen LogP contribution < -0.4 is 5.32 Å². The number of allylic oxidation sites excluding steroid dienone is 1. The Morgan fingerprint density at radius 2 is 2.00 bits per heavy atom. The normalized spacial score (nSPS) is 11.0. The number of imide groups is 1. The molecule has 0 aliphatic rings. The van der Waals surface area contributed by atoms with Crippen molar-refractivity contribution in [3.63, 3.8) is 0 Å². The molecule has 0 aliphatic heterocycles. The standard InChI is InChI=1S/C8H13NO2/c1-4-7(5-2)8(11)9-6(3)10/h4H,5H2,1-3H3,(H,9,10,11). The fraction of sp³-hybridized carbons (Fsp3) is 0.500. The minimum Gasteiger partial charge on any atom is -0.293 e. The topological polar surface area (TPSA) is 46.2 Å². The summed E-state index contributed by atoms with van der Waals surface area (Å²) in [6, 6.07) is 0. The molecule has 0 saturated carbocycles. The smallest absolute Gasteiger partial charge is 0.253 e. The second-order valence-corrected chi connectivity index (χ2v) is 2.18. The van der Waals surface area contributed by atoms with Crippen molar-refractivity contribution in [1.82, 2.24) is 5.32 Å². The maximum Gasteiger partial charge on any atom is 0.253 e. The van der Waals surface area contributed by atoms with Crippen LogP contribution in [-0.2, 0) is 9.59 Å². The molecule has 0 unspecified atom stereocenters. The van der Waals surface area contributed by atoms with E-state index in [2.05, 4.69) is 5.32 Å². The third kappa shape index (κ3) is 3.55. The van der Waals surface area contributed by atoms with Crippen LogP contribution in [0, 0.1) is 0 Å². The van der Waals surface area contributed by atoms with Gasteiger partial charge in [0, 0.05) is 12.5 Å². The molecule has 0 aromatic heterocycles. The molecule has 0 heterocycles. The first-order valence-corrected chi connectivity index (χ1v) is 3.58. The summed E-state index contributed by atoms with van der Waals surface area (Å²) in [4.78, 5) is 21.4. The summed E-state index contributed by atoms with van der Waals surface area (Å²) in [5, 5.41) is 2.20. The van der Waals surface area contributed by atoms with Gasteiger partial charge in [-0.3, -0.25) is 14.9 Å². The maximum atomic E-state index is 11.0. The Hall–Kier alpha value is -1.12. The van der Waals surface area contributed by atoms with E-state index in [1.807, 2.05) is 6.92 Å². The predicted octanol–water partition coefficient (Wildman–Crippen LogP) is 1.01. The highest BCUT2D eigenvalue weighted by molar-refractivity contribution is 6.03. The fourth-order valence-electron chi connectivity index (χ4n) is 0.736. The molecule has 0 fully saturated rings. The Bertz CT molecular complexity index is 194. The van der Waals surface area contributed by atoms with E-state index in [1.54, 1.807) is 13.0 Å². The van der Waals surface area contributed by atoms with E-state index in [0.29, 0.717) is 12.0 Å². The predicted molar refractivity (Wildman–Crippen MR) is 42.9 cm³/mol. The van der Waals surface area contributed by atoms with Crippen LogP contribution in [0.4, 0.5) is 0 Å². The molecule has 62 valence electrons. The molecular formula is C8H13NO2. The Balaban J connectivity index is 4.12. The molecule has 0 aromatic rings. The van der Waals surface area contributed by atoms with Gasteiger partial charge in [0.15, 0.2) is 0 Å². The van der Waals surface area contributed by atoms with Crippen molar-refractivity contribution in [1.29, 1.82) is 0 Å². The van der Waals surface area contributed by atoms with E-state index < -0.39 is 0 Å². The van der Waals surface area contributed by atoms with Gasteiger partial charge in [0.1, 0.15) is 0 Å². The van der Waals surface area contributed by atoms with Crippen molar-refractivity contribution in [2.24, 2.45) is 0 Å². The summed E-state index contributed by atoms with van der Waals surface area (Å²) in [6.45, 7) is 4.97. The van der Waals surface area contributed by atoms with Gasteiger partial charge >= 0.3 is 0 Å². The first-order chi connectivity index (χ1) is 5.11. The average Bonchev–Trinajstić information content (AvgIpc) is 1.88. The average molecular weight is 155 g/mol. The van der Waals surface area contributed by atoms with Crippen LogP contribution in [0.1, 0.15) is 27.2 Å². The largest absolute Gasteiger partial charge is 0.293 e. The summed E-state index contributed by atoms with van der Waals surface area (Å²) < 4.78 is 0. The van der Waals surface area contributed by atoms with Crippen molar-refractivity contribution in [3.8, 4) is 0 Å². The molecule has 0 aliphatic carbocycles. The summed E-state index contributed by atoms with van der Waals surface area (Å²) in [5.74, 6) is -0.606. The summed E-state index contributed by atoms with van der Waals surface area (Å²) in [5.41, 5.74) is 0.639. The molecule has 11 heavy (non-hydrogen) atoms. The lowest BCUT2D eigenvalue weighted by atomic mass is 10.2. The zero-order chi connectivity index (χ0) is 8.85.